The summed E-state index contributed by atoms with van der Waals surface area (Å²) in [6.07, 6.45) is 1.04. The monoisotopic (exact) mass is 383 g/mol. The summed E-state index contributed by atoms with van der Waals surface area (Å²) >= 11 is 0. The predicted octanol–water partition coefficient (Wildman–Crippen LogP) is 3.67. The zero-order valence-electron chi connectivity index (χ0n) is 16.1. The van der Waals surface area contributed by atoms with Gasteiger partial charge in [-0.2, -0.15) is 0 Å². The number of amides is 1. The lowest BCUT2D eigenvalue weighted by Crippen LogP contribution is -2.51. The molecule has 1 unspecified atom stereocenters. The Morgan fingerprint density at radius 1 is 1.21 bits per heavy atom. The number of benzene rings is 2. The van der Waals surface area contributed by atoms with E-state index >= 15 is 0 Å². The number of fused-ring (bicyclic) bond motifs is 1. The lowest BCUT2D eigenvalue weighted by Gasteiger charge is -2.36. The quantitative estimate of drug-likeness (QED) is 0.582. The van der Waals surface area contributed by atoms with E-state index in [4.69, 9.17) is 4.74 Å². The summed E-state index contributed by atoms with van der Waals surface area (Å²) in [5, 5.41) is 14.4. The van der Waals surface area contributed by atoms with Gasteiger partial charge >= 0.3 is 0 Å². The fraction of sp³-hybridized carbons (Fsp3) is 0.381. The Labute approximate surface area is 164 Å². The SMILES string of the molecule is CCC(CC)NC(=O)C1CN(Cc2ccccc2[N+](=O)[O-])c2ccccc2O1. The first-order chi connectivity index (χ1) is 13.5. The zero-order chi connectivity index (χ0) is 20.1. The first-order valence-electron chi connectivity index (χ1n) is 9.56. The molecule has 0 saturated carbocycles. The minimum Gasteiger partial charge on any atom is -0.477 e. The first kappa shape index (κ1) is 19.7. The summed E-state index contributed by atoms with van der Waals surface area (Å²) in [7, 11) is 0. The van der Waals surface area contributed by atoms with Gasteiger partial charge in [0.1, 0.15) is 5.75 Å². The molecule has 0 fully saturated rings. The van der Waals surface area contributed by atoms with E-state index in [1.54, 1.807) is 18.2 Å². The van der Waals surface area contributed by atoms with Crippen molar-refractivity contribution in [2.24, 2.45) is 0 Å². The molecule has 2 aromatic carbocycles. The van der Waals surface area contributed by atoms with Gasteiger partial charge in [-0.05, 0) is 25.0 Å². The second-order valence-electron chi connectivity index (χ2n) is 6.86. The zero-order valence-corrected chi connectivity index (χ0v) is 16.1. The van der Waals surface area contributed by atoms with Crippen LogP contribution in [0.5, 0.6) is 5.75 Å². The van der Waals surface area contributed by atoms with Crippen LogP contribution in [0.3, 0.4) is 0 Å². The molecule has 148 valence electrons. The van der Waals surface area contributed by atoms with Crippen LogP contribution >= 0.6 is 0 Å². The van der Waals surface area contributed by atoms with Crippen LogP contribution in [0.15, 0.2) is 48.5 Å². The Bertz CT molecular complexity index is 851. The second kappa shape index (κ2) is 8.73. The summed E-state index contributed by atoms with van der Waals surface area (Å²) in [6.45, 7) is 4.72. The van der Waals surface area contributed by atoms with E-state index in [2.05, 4.69) is 5.32 Å². The van der Waals surface area contributed by atoms with Gasteiger partial charge in [-0.25, -0.2) is 0 Å². The van der Waals surface area contributed by atoms with Gasteiger partial charge in [0.2, 0.25) is 0 Å². The number of ether oxygens (including phenoxy) is 1. The topological polar surface area (TPSA) is 84.7 Å². The average Bonchev–Trinajstić information content (AvgIpc) is 2.72. The molecule has 0 spiro atoms. The van der Waals surface area contributed by atoms with Crippen molar-refractivity contribution in [2.75, 3.05) is 11.4 Å². The van der Waals surface area contributed by atoms with Gasteiger partial charge in [0.25, 0.3) is 11.6 Å². The number of hydrogen-bond donors (Lipinski definition) is 1. The number of para-hydroxylation sites is 3. The van der Waals surface area contributed by atoms with Crippen molar-refractivity contribution in [3.8, 4) is 5.75 Å². The summed E-state index contributed by atoms with van der Waals surface area (Å²) in [5.41, 5.74) is 1.50. The summed E-state index contributed by atoms with van der Waals surface area (Å²) in [6, 6.07) is 14.2. The number of hydrogen-bond acceptors (Lipinski definition) is 5. The molecular weight excluding hydrogens is 358 g/mol. The third kappa shape index (κ3) is 4.24. The molecule has 1 atom stereocenters. The molecule has 28 heavy (non-hydrogen) atoms. The highest BCUT2D eigenvalue weighted by Crippen LogP contribution is 2.35. The minimum absolute atomic E-state index is 0.0736. The molecule has 1 heterocycles. The number of nitrogens with one attached hydrogen (secondary N) is 1. The van der Waals surface area contributed by atoms with E-state index in [9.17, 15) is 14.9 Å². The average molecular weight is 383 g/mol. The highest BCUT2D eigenvalue weighted by atomic mass is 16.6. The summed E-state index contributed by atoms with van der Waals surface area (Å²) in [5.74, 6) is 0.452. The van der Waals surface area contributed by atoms with Gasteiger partial charge in [0.05, 0.1) is 23.7 Å². The van der Waals surface area contributed by atoms with Crippen LogP contribution in [-0.4, -0.2) is 29.5 Å². The van der Waals surface area contributed by atoms with E-state index in [-0.39, 0.29) is 22.6 Å². The Kier molecular flexibility index (Phi) is 6.13. The fourth-order valence-corrected chi connectivity index (χ4v) is 3.41. The van der Waals surface area contributed by atoms with Gasteiger partial charge in [-0.15, -0.1) is 0 Å². The molecule has 0 aliphatic carbocycles. The third-order valence-electron chi connectivity index (χ3n) is 5.04. The molecule has 1 amide bonds. The summed E-state index contributed by atoms with van der Waals surface area (Å²) in [4.78, 5) is 25.7. The fourth-order valence-electron chi connectivity index (χ4n) is 3.41. The smallest absolute Gasteiger partial charge is 0.274 e. The van der Waals surface area contributed by atoms with Crippen LogP contribution < -0.4 is 15.0 Å². The largest absolute Gasteiger partial charge is 0.477 e. The number of carbonyl (C=O) groups is 1. The van der Waals surface area contributed by atoms with Crippen molar-refractivity contribution in [1.82, 2.24) is 5.32 Å². The maximum atomic E-state index is 12.7. The van der Waals surface area contributed by atoms with Crippen molar-refractivity contribution in [2.45, 2.75) is 45.4 Å². The minimum atomic E-state index is -0.668. The predicted molar refractivity (Wildman–Crippen MR) is 108 cm³/mol. The molecule has 0 radical (unpaired) electrons. The van der Waals surface area contributed by atoms with E-state index in [1.165, 1.54) is 6.07 Å². The Hall–Kier alpha value is -3.09. The third-order valence-corrected chi connectivity index (χ3v) is 5.04. The van der Waals surface area contributed by atoms with Crippen LogP contribution in [0.2, 0.25) is 0 Å². The van der Waals surface area contributed by atoms with E-state index in [1.807, 2.05) is 43.0 Å². The number of nitro benzene ring substituents is 1. The number of rotatable bonds is 7. The van der Waals surface area contributed by atoms with Crippen molar-refractivity contribution < 1.29 is 14.5 Å². The highest BCUT2D eigenvalue weighted by molar-refractivity contribution is 5.83. The molecule has 2 aromatic rings. The second-order valence-corrected chi connectivity index (χ2v) is 6.86. The molecule has 3 rings (SSSR count). The Morgan fingerprint density at radius 2 is 1.89 bits per heavy atom. The number of nitro groups is 1. The van der Waals surface area contributed by atoms with Crippen LogP contribution in [0, 0.1) is 10.1 Å². The van der Waals surface area contributed by atoms with Gasteiger partial charge in [0, 0.05) is 17.7 Å². The van der Waals surface area contributed by atoms with Crippen LogP contribution in [0.1, 0.15) is 32.3 Å². The molecule has 7 nitrogen and oxygen atoms in total. The molecule has 1 aliphatic heterocycles. The lowest BCUT2D eigenvalue weighted by atomic mass is 10.1. The maximum Gasteiger partial charge on any atom is 0.274 e. The highest BCUT2D eigenvalue weighted by Gasteiger charge is 2.32. The van der Waals surface area contributed by atoms with E-state index < -0.39 is 6.10 Å². The maximum absolute atomic E-state index is 12.7. The number of nitrogens with zero attached hydrogens (tertiary/aromatic N) is 2. The van der Waals surface area contributed by atoms with Gasteiger partial charge in [-0.3, -0.25) is 14.9 Å². The normalized spacial score (nSPS) is 15.7. The van der Waals surface area contributed by atoms with Gasteiger partial charge in [-0.1, -0.05) is 44.2 Å². The Morgan fingerprint density at radius 3 is 2.61 bits per heavy atom. The lowest BCUT2D eigenvalue weighted by molar-refractivity contribution is -0.385. The van der Waals surface area contributed by atoms with Gasteiger partial charge < -0.3 is 15.0 Å². The number of carbonyl (C=O) groups excluding carboxylic acids is 1. The van der Waals surface area contributed by atoms with Crippen molar-refractivity contribution >= 4 is 17.3 Å². The van der Waals surface area contributed by atoms with E-state index in [0.717, 1.165) is 18.5 Å². The van der Waals surface area contributed by atoms with Crippen LogP contribution in [-0.2, 0) is 11.3 Å². The standard InChI is InChI=1S/C21H25N3O4/c1-3-16(4-2)22-21(25)20-14-23(18-11-7-8-12-19(18)28-20)13-15-9-5-6-10-17(15)24(26)27/h5-12,16,20H,3-4,13-14H2,1-2H3,(H,22,25). The molecule has 1 N–H and O–H groups in total. The van der Waals surface area contributed by atoms with Crippen molar-refractivity contribution in [1.29, 1.82) is 0 Å². The molecule has 0 bridgehead atoms. The number of anilines is 1. The molecule has 0 saturated heterocycles. The molecule has 1 aliphatic rings. The Balaban J connectivity index is 1.86. The molecule has 0 aromatic heterocycles. The summed E-state index contributed by atoms with van der Waals surface area (Å²) < 4.78 is 5.94. The van der Waals surface area contributed by atoms with E-state index in [0.29, 0.717) is 24.4 Å². The molecular formula is C21H25N3O4. The van der Waals surface area contributed by atoms with Crippen molar-refractivity contribution in [3.63, 3.8) is 0 Å². The molecule has 7 heteroatoms. The van der Waals surface area contributed by atoms with Crippen LogP contribution in [0.4, 0.5) is 11.4 Å². The van der Waals surface area contributed by atoms with Crippen molar-refractivity contribution in [3.05, 3.63) is 64.2 Å². The first-order valence-corrected chi connectivity index (χ1v) is 9.56. The van der Waals surface area contributed by atoms with Gasteiger partial charge in [0.15, 0.2) is 6.10 Å². The van der Waals surface area contributed by atoms with Crippen LogP contribution in [0.25, 0.3) is 0 Å².